The van der Waals surface area contributed by atoms with E-state index in [9.17, 15) is 54.5 Å². The standard InChI is InChI=1S/C18H13ClF3NO7.C16H18N6O7S2/c1-2-28-16(24)9-29-17(25)12-8-11(4-5-14(12)23(26)27)30-15-6-3-10(7-13(15)19)18(20,21)22;1-4-30(24,25)13-14(22-8-6-5-7-10(22)17-13)31(26,27)21-16(23)20-15-18-11(28-2)9-12(19-15)29-3/h3-8H,2,9H2,1H3;5-9H,4H2,1-3H3,(H2,18,19,20,21,23). The van der Waals surface area contributed by atoms with Crippen LogP contribution in [0.15, 0.2) is 76.9 Å². The number of nitrogens with zero attached hydrogens (tertiary/aromatic N) is 5. The largest absolute Gasteiger partial charge is 0.481 e. The number of ether oxygens (including phenoxy) is 5. The highest BCUT2D eigenvalue weighted by Crippen LogP contribution is 2.37. The summed E-state index contributed by atoms with van der Waals surface area (Å²) in [6.45, 7) is 2.18. The number of anilines is 1. The number of carbonyl (C=O) groups excluding carboxylic acids is 3. The van der Waals surface area contributed by atoms with Gasteiger partial charge in [-0.3, -0.25) is 19.8 Å². The molecule has 2 aromatic carbocycles. The Morgan fingerprint density at radius 2 is 1.59 bits per heavy atom. The fraction of sp³-hybridized carbons (Fsp3) is 0.235. The lowest BCUT2D eigenvalue weighted by Crippen LogP contribution is -2.36. The maximum absolute atomic E-state index is 13.0. The van der Waals surface area contributed by atoms with E-state index in [1.807, 2.05) is 0 Å². The van der Waals surface area contributed by atoms with E-state index in [4.69, 9.17) is 30.5 Å². The molecule has 5 rings (SSSR count). The van der Waals surface area contributed by atoms with Crippen molar-refractivity contribution in [2.24, 2.45) is 0 Å². The summed E-state index contributed by atoms with van der Waals surface area (Å²) in [5.74, 6) is -2.93. The lowest BCUT2D eigenvalue weighted by atomic mass is 10.1. The molecule has 2 amide bonds. The molecule has 0 atom stereocenters. The zero-order valence-electron chi connectivity index (χ0n) is 31.8. The number of benzene rings is 2. The molecule has 0 fully saturated rings. The van der Waals surface area contributed by atoms with Crippen LogP contribution in [0.4, 0.5) is 29.6 Å². The second-order valence-corrected chi connectivity index (χ2v) is 15.7. The second kappa shape index (κ2) is 19.5. The van der Waals surface area contributed by atoms with Gasteiger partial charge in [0.15, 0.2) is 26.5 Å². The Morgan fingerprint density at radius 3 is 2.16 bits per heavy atom. The molecule has 27 heteroatoms. The molecule has 0 unspecified atom stereocenters. The van der Waals surface area contributed by atoms with Crippen LogP contribution in [0.2, 0.25) is 5.02 Å². The van der Waals surface area contributed by atoms with Crippen LogP contribution in [0.3, 0.4) is 0 Å². The molecule has 2 N–H and O–H groups in total. The molecule has 326 valence electrons. The maximum Gasteiger partial charge on any atom is 0.416 e. The van der Waals surface area contributed by atoms with Crippen LogP contribution in [-0.4, -0.2) is 92.3 Å². The lowest BCUT2D eigenvalue weighted by Gasteiger charge is -2.12. The van der Waals surface area contributed by atoms with Crippen molar-refractivity contribution in [3.8, 4) is 23.3 Å². The zero-order chi connectivity index (χ0) is 45.3. The predicted molar refractivity (Wildman–Crippen MR) is 204 cm³/mol. The summed E-state index contributed by atoms with van der Waals surface area (Å²) in [6.07, 6.45) is -3.29. The SMILES string of the molecule is CCOC(=O)COC(=O)c1cc(Oc2ccc(C(F)(F)F)cc2Cl)ccc1[N+](=O)[O-].CCS(=O)(=O)c1nc2ccccn2c1S(=O)(=O)NC(=O)Nc1nc(OC)cc(OC)n1. The highest BCUT2D eigenvalue weighted by atomic mass is 35.5. The van der Waals surface area contributed by atoms with Crippen LogP contribution in [0, 0.1) is 10.1 Å². The van der Waals surface area contributed by atoms with Crippen molar-refractivity contribution in [2.45, 2.75) is 30.1 Å². The molecule has 21 nitrogen and oxygen atoms in total. The average Bonchev–Trinajstić information content (AvgIpc) is 3.62. The molecule has 0 aliphatic carbocycles. The van der Waals surface area contributed by atoms with E-state index in [0.717, 1.165) is 34.7 Å². The summed E-state index contributed by atoms with van der Waals surface area (Å²) in [6, 6.07) is 9.96. The Balaban J connectivity index is 0.000000269. The quantitative estimate of drug-likeness (QED) is 0.0820. The second-order valence-electron chi connectivity index (χ2n) is 11.5. The fourth-order valence-electron chi connectivity index (χ4n) is 4.70. The van der Waals surface area contributed by atoms with Gasteiger partial charge in [0, 0.05) is 18.3 Å². The Bertz CT molecular complexity index is 2680. The minimum absolute atomic E-state index is 0.0493. The number of esters is 2. The van der Waals surface area contributed by atoms with E-state index in [-0.39, 0.29) is 52.2 Å². The number of carbonyl (C=O) groups is 3. The molecule has 0 aliphatic rings. The van der Waals surface area contributed by atoms with Gasteiger partial charge in [0.05, 0.1) is 48.2 Å². The van der Waals surface area contributed by atoms with Crippen molar-refractivity contribution in [3.63, 3.8) is 0 Å². The number of fused-ring (bicyclic) bond motifs is 1. The number of rotatable bonds is 14. The van der Waals surface area contributed by atoms with Gasteiger partial charge in [-0.2, -0.15) is 31.6 Å². The van der Waals surface area contributed by atoms with Crippen LogP contribution in [-0.2, 0) is 40.3 Å². The highest BCUT2D eigenvalue weighted by molar-refractivity contribution is 7.93. The van der Waals surface area contributed by atoms with Crippen molar-refractivity contribution >= 4 is 66.7 Å². The number of nitro groups is 1. The number of sulfonamides is 1. The zero-order valence-corrected chi connectivity index (χ0v) is 34.1. The average molecular weight is 918 g/mol. The first kappa shape index (κ1) is 46.9. The number of hydrogen-bond acceptors (Lipinski definition) is 17. The van der Waals surface area contributed by atoms with Gasteiger partial charge in [0.25, 0.3) is 15.7 Å². The van der Waals surface area contributed by atoms with Gasteiger partial charge in [0.1, 0.15) is 22.7 Å². The molecule has 61 heavy (non-hydrogen) atoms. The first-order chi connectivity index (χ1) is 28.6. The fourth-order valence-corrected chi connectivity index (χ4v) is 7.58. The Morgan fingerprint density at radius 1 is 0.918 bits per heavy atom. The van der Waals surface area contributed by atoms with Gasteiger partial charge in [-0.05, 0) is 43.3 Å². The summed E-state index contributed by atoms with van der Waals surface area (Å²) in [5, 5.41) is 11.6. The molecular formula is C34H31ClF3N7O14S2. The summed E-state index contributed by atoms with van der Waals surface area (Å²) < 4.78 is 116. The molecule has 0 aliphatic heterocycles. The molecule has 0 radical (unpaired) electrons. The highest BCUT2D eigenvalue weighted by Gasteiger charge is 2.34. The molecule has 0 spiro atoms. The lowest BCUT2D eigenvalue weighted by molar-refractivity contribution is -0.385. The number of nitro benzene ring substituents is 1. The van der Waals surface area contributed by atoms with Gasteiger partial charge in [-0.1, -0.05) is 24.6 Å². The third kappa shape index (κ3) is 11.9. The van der Waals surface area contributed by atoms with E-state index in [0.29, 0.717) is 6.07 Å². The number of hydrogen-bond donors (Lipinski definition) is 2. The molecule has 0 saturated heterocycles. The molecular weight excluding hydrogens is 887 g/mol. The number of sulfone groups is 1. The first-order valence-corrected chi connectivity index (χ1v) is 20.3. The third-order valence-corrected chi connectivity index (χ3v) is 10.8. The van der Waals surface area contributed by atoms with E-state index in [1.54, 1.807) is 10.8 Å². The number of pyridine rings is 1. The third-order valence-electron chi connectivity index (χ3n) is 7.43. The van der Waals surface area contributed by atoms with Crippen molar-refractivity contribution in [1.29, 1.82) is 0 Å². The minimum Gasteiger partial charge on any atom is -0.481 e. The summed E-state index contributed by atoms with van der Waals surface area (Å²) in [7, 11) is -6.04. The van der Waals surface area contributed by atoms with Crippen molar-refractivity contribution in [1.82, 2.24) is 24.1 Å². The summed E-state index contributed by atoms with van der Waals surface area (Å²) in [5.41, 5.74) is -2.08. The molecule has 5 aromatic rings. The maximum atomic E-state index is 13.0. The molecule has 3 aromatic heterocycles. The number of alkyl halides is 3. The Labute approximate surface area is 347 Å². The molecule has 0 saturated carbocycles. The van der Waals surface area contributed by atoms with E-state index in [2.05, 4.69) is 25.0 Å². The minimum atomic E-state index is -4.68. The smallest absolute Gasteiger partial charge is 0.416 e. The van der Waals surface area contributed by atoms with E-state index < -0.39 is 82.4 Å². The predicted octanol–water partition coefficient (Wildman–Crippen LogP) is 5.22. The van der Waals surface area contributed by atoms with Gasteiger partial charge in [-0.25, -0.2) is 32.5 Å². The van der Waals surface area contributed by atoms with Crippen molar-refractivity contribution < 1.29 is 73.0 Å². The van der Waals surface area contributed by atoms with Crippen LogP contribution in [0.25, 0.3) is 5.65 Å². The Hall–Kier alpha value is -6.80. The topological polar surface area (TPSA) is 276 Å². The van der Waals surface area contributed by atoms with Gasteiger partial charge < -0.3 is 23.7 Å². The monoisotopic (exact) mass is 917 g/mol. The van der Waals surface area contributed by atoms with Gasteiger partial charge >= 0.3 is 24.1 Å². The number of urea groups is 1. The molecule has 0 bridgehead atoms. The number of nitrogens with one attached hydrogen (secondary N) is 2. The van der Waals surface area contributed by atoms with E-state index >= 15 is 0 Å². The molecule has 3 heterocycles. The number of methoxy groups -OCH3 is 2. The first-order valence-electron chi connectivity index (χ1n) is 16.8. The van der Waals surface area contributed by atoms with Crippen molar-refractivity contribution in [3.05, 3.63) is 93.1 Å². The normalized spacial score (nSPS) is 11.4. The van der Waals surface area contributed by atoms with Crippen LogP contribution in [0.5, 0.6) is 23.3 Å². The van der Waals surface area contributed by atoms with Crippen LogP contribution < -0.4 is 24.2 Å². The van der Waals surface area contributed by atoms with Crippen LogP contribution >= 0.6 is 11.6 Å². The number of imidazole rings is 1. The van der Waals surface area contributed by atoms with Crippen LogP contribution in [0.1, 0.15) is 29.8 Å². The van der Waals surface area contributed by atoms with Gasteiger partial charge in [0.2, 0.25) is 17.7 Å². The van der Waals surface area contributed by atoms with Gasteiger partial charge in [-0.15, -0.1) is 0 Å². The Kier molecular flexibility index (Phi) is 15.0. The number of halogens is 4. The number of aromatic nitrogens is 4. The summed E-state index contributed by atoms with van der Waals surface area (Å²) in [4.78, 5) is 57.8. The van der Waals surface area contributed by atoms with E-state index in [1.165, 1.54) is 52.5 Å². The van der Waals surface area contributed by atoms with Crippen molar-refractivity contribution in [2.75, 3.05) is 38.5 Å². The number of amides is 2. The summed E-state index contributed by atoms with van der Waals surface area (Å²) >= 11 is 5.81.